The summed E-state index contributed by atoms with van der Waals surface area (Å²) in [4.78, 5) is 40.2. The lowest BCUT2D eigenvalue weighted by atomic mass is 9.57. The van der Waals surface area contributed by atoms with Gasteiger partial charge in [-0.3, -0.25) is 19.3 Å². The van der Waals surface area contributed by atoms with Crippen molar-refractivity contribution in [1.82, 2.24) is 4.90 Å². The number of carbonyl (C=O) groups excluding carboxylic acids is 3. The predicted octanol–water partition coefficient (Wildman–Crippen LogP) is 0.835. The van der Waals surface area contributed by atoms with Gasteiger partial charge >= 0.3 is 0 Å². The van der Waals surface area contributed by atoms with Gasteiger partial charge < -0.3 is 26.2 Å². The van der Waals surface area contributed by atoms with E-state index in [0.29, 0.717) is 24.0 Å². The highest BCUT2D eigenvalue weighted by atomic mass is 16.3. The number of hydrogen-bond donors (Lipinski definition) is 5. The van der Waals surface area contributed by atoms with E-state index >= 15 is 0 Å². The molecule has 1 aromatic rings. The Labute approximate surface area is 190 Å². The fourth-order valence-corrected chi connectivity index (χ4v) is 5.85. The number of aliphatic hydroxyl groups excluding tert-OH is 2. The fraction of sp³-hybridized carbons (Fsp3) is 0.458. The number of nitrogens with two attached hydrogens (primary N) is 1. The third-order valence-corrected chi connectivity index (χ3v) is 7.38. The Bertz CT molecular complexity index is 1180. The molecular weight excluding hydrogens is 428 g/mol. The molecule has 1 amide bonds. The Morgan fingerprint density at radius 3 is 2.42 bits per heavy atom. The van der Waals surface area contributed by atoms with E-state index in [2.05, 4.69) is 0 Å². The number of rotatable bonds is 3. The molecule has 9 nitrogen and oxygen atoms in total. The molecule has 0 aliphatic heterocycles. The molecule has 4 atom stereocenters. The molecule has 6 N–H and O–H groups in total. The van der Waals surface area contributed by atoms with E-state index in [0.717, 1.165) is 5.56 Å². The molecule has 176 valence electrons. The highest BCUT2D eigenvalue weighted by Gasteiger charge is 2.64. The maximum absolute atomic E-state index is 13.7. The Morgan fingerprint density at radius 2 is 1.88 bits per heavy atom. The minimum atomic E-state index is -2.61. The number of hydrogen-bond acceptors (Lipinski definition) is 8. The van der Waals surface area contributed by atoms with Gasteiger partial charge in [-0.25, -0.2) is 0 Å². The second-order valence-electron chi connectivity index (χ2n) is 9.37. The van der Waals surface area contributed by atoms with Gasteiger partial charge in [-0.05, 0) is 62.9 Å². The van der Waals surface area contributed by atoms with Crippen molar-refractivity contribution in [2.75, 3.05) is 14.1 Å². The molecule has 1 saturated carbocycles. The molecular formula is C24H28N2O7. The van der Waals surface area contributed by atoms with Gasteiger partial charge in [0.05, 0.1) is 11.6 Å². The lowest BCUT2D eigenvalue weighted by Gasteiger charge is -2.50. The smallest absolute Gasteiger partial charge is 0.255 e. The van der Waals surface area contributed by atoms with Crippen LogP contribution in [0.4, 0.5) is 0 Å². The van der Waals surface area contributed by atoms with Crippen LogP contribution in [0.1, 0.15) is 35.6 Å². The molecule has 3 aliphatic carbocycles. The summed E-state index contributed by atoms with van der Waals surface area (Å²) in [6.07, 6.45) is 1.04. The van der Waals surface area contributed by atoms with Crippen LogP contribution in [-0.4, -0.2) is 68.5 Å². The van der Waals surface area contributed by atoms with Gasteiger partial charge in [0.1, 0.15) is 22.8 Å². The molecule has 0 aromatic heterocycles. The van der Waals surface area contributed by atoms with Crippen LogP contribution in [0.3, 0.4) is 0 Å². The number of nitrogens with zero attached hydrogens (tertiary/aromatic N) is 1. The third kappa shape index (κ3) is 2.88. The monoisotopic (exact) mass is 456 g/mol. The number of likely N-dealkylation sites (N-methyl/N-ethyl adjacent to an activating group) is 1. The minimum absolute atomic E-state index is 0.0869. The van der Waals surface area contributed by atoms with Gasteiger partial charge in [-0.1, -0.05) is 13.0 Å². The number of benzene rings is 1. The van der Waals surface area contributed by atoms with Crippen molar-refractivity contribution in [3.8, 4) is 5.75 Å². The number of Topliss-reactive ketones (excluding diaryl/α,β-unsaturated/α-hetero) is 2. The van der Waals surface area contributed by atoms with Crippen LogP contribution in [0.15, 0.2) is 23.0 Å². The average Bonchev–Trinajstić information content (AvgIpc) is 2.72. The van der Waals surface area contributed by atoms with Gasteiger partial charge in [0, 0.05) is 11.5 Å². The second-order valence-corrected chi connectivity index (χ2v) is 9.37. The Hall–Kier alpha value is -3.17. The number of fused-ring (bicyclic) bond motifs is 3. The van der Waals surface area contributed by atoms with E-state index in [-0.39, 0.29) is 23.3 Å². The number of carbonyl (C=O) groups is 3. The van der Waals surface area contributed by atoms with E-state index in [1.165, 1.54) is 4.90 Å². The molecule has 0 bridgehead atoms. The van der Waals surface area contributed by atoms with Crippen LogP contribution in [0, 0.1) is 18.8 Å². The van der Waals surface area contributed by atoms with Crippen LogP contribution < -0.4 is 5.73 Å². The van der Waals surface area contributed by atoms with E-state index < -0.39 is 58.0 Å². The summed E-state index contributed by atoms with van der Waals surface area (Å²) in [7, 11) is 3.15. The number of phenols is 1. The molecule has 0 spiro atoms. The molecule has 2 unspecified atom stereocenters. The van der Waals surface area contributed by atoms with E-state index in [1.807, 2.05) is 13.0 Å². The summed E-state index contributed by atoms with van der Waals surface area (Å²) in [5, 5.41) is 44.2. The van der Waals surface area contributed by atoms with Crippen molar-refractivity contribution in [1.29, 1.82) is 0 Å². The van der Waals surface area contributed by atoms with Gasteiger partial charge in [-0.15, -0.1) is 0 Å². The molecule has 33 heavy (non-hydrogen) atoms. The minimum Gasteiger partial charge on any atom is -0.508 e. The molecule has 3 aliphatic rings. The summed E-state index contributed by atoms with van der Waals surface area (Å²) in [6, 6.07) is 0.757. The SMILES string of the molecule is CCc1cc(C)c(O)c2c1CC1CC3[C@H](N(C)C)C(=O)C(C(N)=O)=C(O)[C@@]3(O)C(=O)C1=C2O. The van der Waals surface area contributed by atoms with Gasteiger partial charge in [0.15, 0.2) is 11.4 Å². The molecule has 0 saturated heterocycles. The average molecular weight is 456 g/mol. The van der Waals surface area contributed by atoms with Crippen LogP contribution in [-0.2, 0) is 27.2 Å². The first-order chi connectivity index (χ1) is 15.4. The van der Waals surface area contributed by atoms with E-state index in [4.69, 9.17) is 5.73 Å². The standard InChI is InChI=1S/C24H28N2O7/c1-5-10-6-9(2)18(27)15-12(10)7-11-8-13-17(26(3)4)20(29)16(23(25)32)22(31)24(13,33)21(30)14(11)19(15)28/h6,11,13,17,27-28,31,33H,5,7-8H2,1-4H3,(H2,25,32)/t11?,13?,17-,24-/m0/s1. The quantitative estimate of drug-likeness (QED) is 0.418. The predicted molar refractivity (Wildman–Crippen MR) is 118 cm³/mol. The van der Waals surface area contributed by atoms with Crippen LogP contribution >= 0.6 is 0 Å². The first-order valence-corrected chi connectivity index (χ1v) is 10.9. The largest absolute Gasteiger partial charge is 0.508 e. The molecule has 1 fully saturated rings. The second kappa shape index (κ2) is 7.43. The number of aryl methyl sites for hydroxylation is 2. The van der Waals surface area contributed by atoms with Crippen LogP contribution in [0.25, 0.3) is 5.76 Å². The maximum atomic E-state index is 13.7. The van der Waals surface area contributed by atoms with Gasteiger partial charge in [-0.2, -0.15) is 0 Å². The number of aliphatic hydroxyl groups is 3. The Morgan fingerprint density at radius 1 is 1.24 bits per heavy atom. The van der Waals surface area contributed by atoms with E-state index in [1.54, 1.807) is 21.0 Å². The molecule has 4 rings (SSSR count). The van der Waals surface area contributed by atoms with Crippen molar-refractivity contribution in [3.05, 3.63) is 45.2 Å². The number of amides is 1. The summed E-state index contributed by atoms with van der Waals surface area (Å²) in [5.41, 5.74) is 4.06. The summed E-state index contributed by atoms with van der Waals surface area (Å²) >= 11 is 0. The van der Waals surface area contributed by atoms with Crippen molar-refractivity contribution < 1.29 is 34.8 Å². The zero-order valence-electron chi connectivity index (χ0n) is 19.0. The molecule has 1 aromatic carbocycles. The Kier molecular flexibility index (Phi) is 5.18. The zero-order chi connectivity index (χ0) is 24.6. The summed E-state index contributed by atoms with van der Waals surface area (Å²) < 4.78 is 0. The first-order valence-electron chi connectivity index (χ1n) is 10.9. The van der Waals surface area contributed by atoms with Crippen molar-refractivity contribution in [3.63, 3.8) is 0 Å². The highest BCUT2D eigenvalue weighted by molar-refractivity contribution is 6.24. The normalized spacial score (nSPS) is 29.2. The number of ketones is 2. The highest BCUT2D eigenvalue weighted by Crippen LogP contribution is 2.53. The number of aromatic hydroxyl groups is 1. The Balaban J connectivity index is 2.00. The molecule has 9 heteroatoms. The number of phenolic OH excluding ortho intramolecular Hbond substituents is 1. The lowest BCUT2D eigenvalue weighted by Crippen LogP contribution is -2.65. The van der Waals surface area contributed by atoms with Crippen LogP contribution in [0.2, 0.25) is 0 Å². The van der Waals surface area contributed by atoms with Gasteiger partial charge in [0.25, 0.3) is 5.91 Å². The first kappa shape index (κ1) is 23.0. The summed E-state index contributed by atoms with van der Waals surface area (Å²) in [5.74, 6) is -6.33. The number of primary amides is 1. The maximum Gasteiger partial charge on any atom is 0.255 e. The molecule has 0 heterocycles. The summed E-state index contributed by atoms with van der Waals surface area (Å²) in [6.45, 7) is 3.64. The van der Waals surface area contributed by atoms with Crippen molar-refractivity contribution in [2.24, 2.45) is 17.6 Å². The molecule has 0 radical (unpaired) electrons. The zero-order valence-corrected chi connectivity index (χ0v) is 19.0. The van der Waals surface area contributed by atoms with Crippen LogP contribution in [0.5, 0.6) is 5.75 Å². The topological polar surface area (TPSA) is 161 Å². The van der Waals surface area contributed by atoms with Crippen molar-refractivity contribution >= 4 is 23.2 Å². The third-order valence-electron chi connectivity index (χ3n) is 7.38. The fourth-order valence-electron chi connectivity index (χ4n) is 5.85. The van der Waals surface area contributed by atoms with Crippen molar-refractivity contribution in [2.45, 2.75) is 44.8 Å². The van der Waals surface area contributed by atoms with Gasteiger partial charge in [0.2, 0.25) is 5.78 Å². The van der Waals surface area contributed by atoms with E-state index in [9.17, 15) is 34.8 Å². The lowest BCUT2D eigenvalue weighted by molar-refractivity contribution is -0.153.